The van der Waals surface area contributed by atoms with Gasteiger partial charge in [-0.1, -0.05) is 26.2 Å². The normalized spacial score (nSPS) is 20.3. The van der Waals surface area contributed by atoms with Gasteiger partial charge in [0.05, 0.1) is 7.11 Å². The van der Waals surface area contributed by atoms with Gasteiger partial charge in [-0.2, -0.15) is 4.68 Å². The summed E-state index contributed by atoms with van der Waals surface area (Å²) in [5.41, 5.74) is 1.27. The van der Waals surface area contributed by atoms with E-state index in [0.29, 0.717) is 29.0 Å². The predicted octanol–water partition coefficient (Wildman–Crippen LogP) is 2.71. The number of tetrazole rings is 1. The minimum atomic E-state index is 0.0299. The first kappa shape index (κ1) is 17.4. The molecule has 25 heavy (non-hydrogen) atoms. The van der Waals surface area contributed by atoms with Crippen molar-refractivity contribution in [3.8, 4) is 11.4 Å². The zero-order valence-corrected chi connectivity index (χ0v) is 15.1. The van der Waals surface area contributed by atoms with Crippen LogP contribution in [0, 0.1) is 5.92 Å². The molecule has 1 saturated carbocycles. The molecule has 0 N–H and O–H groups in total. The quantitative estimate of drug-likeness (QED) is 0.834. The van der Waals surface area contributed by atoms with E-state index in [-0.39, 0.29) is 5.91 Å². The van der Waals surface area contributed by atoms with Gasteiger partial charge in [-0.15, -0.1) is 5.10 Å². The van der Waals surface area contributed by atoms with Crippen molar-refractivity contribution in [1.29, 1.82) is 0 Å². The summed E-state index contributed by atoms with van der Waals surface area (Å²) in [6, 6.07) is 5.69. The van der Waals surface area contributed by atoms with Crippen LogP contribution >= 0.6 is 0 Å². The van der Waals surface area contributed by atoms with Crippen LogP contribution in [-0.4, -0.2) is 51.2 Å². The van der Waals surface area contributed by atoms with Crippen molar-refractivity contribution in [2.75, 3.05) is 14.2 Å². The van der Waals surface area contributed by atoms with Gasteiger partial charge in [-0.25, -0.2) is 0 Å². The zero-order valence-electron chi connectivity index (χ0n) is 15.1. The number of aromatic nitrogens is 4. The molecule has 7 heteroatoms. The maximum Gasteiger partial charge on any atom is 0.253 e. The Morgan fingerprint density at radius 3 is 2.84 bits per heavy atom. The second-order valence-corrected chi connectivity index (χ2v) is 6.58. The standard InChI is InChI=1S/C18H25N5O2/c1-4-13-7-5-6-8-15(13)22(2)18(24)14-9-10-17(25-3)16(11-14)23-12-19-20-21-23/h9-13,15H,4-8H2,1-3H3/t13-,15-/m1/s1. The van der Waals surface area contributed by atoms with Gasteiger partial charge >= 0.3 is 0 Å². The van der Waals surface area contributed by atoms with Crippen LogP contribution in [0.4, 0.5) is 0 Å². The SMILES string of the molecule is CC[C@@H]1CCCC[C@H]1N(C)C(=O)c1ccc(OC)c(-n2cnnn2)c1. The van der Waals surface area contributed by atoms with Gasteiger partial charge < -0.3 is 9.64 Å². The molecular weight excluding hydrogens is 318 g/mol. The third-order valence-electron chi connectivity index (χ3n) is 5.23. The second-order valence-electron chi connectivity index (χ2n) is 6.58. The summed E-state index contributed by atoms with van der Waals surface area (Å²) in [4.78, 5) is 15.0. The number of hydrogen-bond donors (Lipinski definition) is 0. The fourth-order valence-electron chi connectivity index (χ4n) is 3.80. The highest BCUT2D eigenvalue weighted by Gasteiger charge is 2.30. The predicted molar refractivity (Wildman–Crippen MR) is 93.8 cm³/mol. The molecule has 1 aromatic carbocycles. The van der Waals surface area contributed by atoms with Gasteiger partial charge in [0.2, 0.25) is 0 Å². The Kier molecular flexibility index (Phi) is 5.31. The molecule has 0 aliphatic heterocycles. The molecule has 1 heterocycles. The Hall–Kier alpha value is -2.44. The molecule has 7 nitrogen and oxygen atoms in total. The molecule has 3 rings (SSSR count). The highest BCUT2D eigenvalue weighted by molar-refractivity contribution is 5.95. The lowest BCUT2D eigenvalue weighted by molar-refractivity contribution is 0.0608. The molecule has 0 bridgehead atoms. The average Bonchev–Trinajstić information content (AvgIpc) is 3.20. The fraction of sp³-hybridized carbons (Fsp3) is 0.556. The molecule has 1 aliphatic rings. The first-order valence-electron chi connectivity index (χ1n) is 8.84. The highest BCUT2D eigenvalue weighted by atomic mass is 16.5. The van der Waals surface area contributed by atoms with Crippen LogP contribution in [0.3, 0.4) is 0 Å². The van der Waals surface area contributed by atoms with E-state index in [0.717, 1.165) is 12.8 Å². The van der Waals surface area contributed by atoms with E-state index in [1.807, 2.05) is 11.9 Å². The molecule has 134 valence electrons. The van der Waals surface area contributed by atoms with Gasteiger partial charge in [0.15, 0.2) is 0 Å². The van der Waals surface area contributed by atoms with Crippen LogP contribution in [0.2, 0.25) is 0 Å². The number of ether oxygens (including phenoxy) is 1. The maximum atomic E-state index is 13.1. The van der Waals surface area contributed by atoms with Gasteiger partial charge in [0, 0.05) is 18.7 Å². The summed E-state index contributed by atoms with van der Waals surface area (Å²) in [6.45, 7) is 2.21. The number of carbonyl (C=O) groups is 1. The summed E-state index contributed by atoms with van der Waals surface area (Å²) < 4.78 is 6.88. The maximum absolute atomic E-state index is 13.1. The number of amides is 1. The Balaban J connectivity index is 1.88. The number of rotatable bonds is 5. The number of methoxy groups -OCH3 is 1. The van der Waals surface area contributed by atoms with E-state index in [4.69, 9.17) is 4.74 Å². The van der Waals surface area contributed by atoms with E-state index in [1.54, 1.807) is 25.3 Å². The van der Waals surface area contributed by atoms with Crippen LogP contribution in [0.15, 0.2) is 24.5 Å². The molecule has 1 amide bonds. The summed E-state index contributed by atoms with van der Waals surface area (Å²) >= 11 is 0. The van der Waals surface area contributed by atoms with Crippen molar-refractivity contribution in [3.05, 3.63) is 30.1 Å². The molecule has 0 saturated heterocycles. The lowest BCUT2D eigenvalue weighted by Gasteiger charge is -2.37. The van der Waals surface area contributed by atoms with Crippen molar-refractivity contribution in [1.82, 2.24) is 25.1 Å². The van der Waals surface area contributed by atoms with E-state index < -0.39 is 0 Å². The third-order valence-corrected chi connectivity index (χ3v) is 5.23. The van der Waals surface area contributed by atoms with Gasteiger partial charge in [-0.05, 0) is 47.4 Å². The molecule has 1 aromatic heterocycles. The Morgan fingerprint density at radius 1 is 1.36 bits per heavy atom. The van der Waals surface area contributed by atoms with E-state index in [9.17, 15) is 4.79 Å². The number of nitrogens with zero attached hydrogens (tertiary/aromatic N) is 5. The van der Waals surface area contributed by atoms with Crippen molar-refractivity contribution in [3.63, 3.8) is 0 Å². The minimum absolute atomic E-state index is 0.0299. The molecular formula is C18H25N5O2. The monoisotopic (exact) mass is 343 g/mol. The lowest BCUT2D eigenvalue weighted by atomic mass is 9.82. The fourth-order valence-corrected chi connectivity index (χ4v) is 3.80. The van der Waals surface area contributed by atoms with Gasteiger partial charge in [0.25, 0.3) is 5.91 Å². The second kappa shape index (κ2) is 7.63. The van der Waals surface area contributed by atoms with Gasteiger partial charge in [0.1, 0.15) is 17.8 Å². The molecule has 1 fully saturated rings. The van der Waals surface area contributed by atoms with Crippen LogP contribution in [0.5, 0.6) is 5.75 Å². The van der Waals surface area contributed by atoms with Gasteiger partial charge in [-0.3, -0.25) is 4.79 Å². The molecule has 2 atom stereocenters. The summed E-state index contributed by atoms with van der Waals surface area (Å²) in [7, 11) is 3.51. The van der Waals surface area contributed by atoms with Crippen molar-refractivity contribution in [2.24, 2.45) is 5.92 Å². The summed E-state index contributed by atoms with van der Waals surface area (Å²) in [5.74, 6) is 1.23. The van der Waals surface area contributed by atoms with Crippen molar-refractivity contribution >= 4 is 5.91 Å². The summed E-state index contributed by atoms with van der Waals surface area (Å²) in [5, 5.41) is 11.2. The third kappa shape index (κ3) is 3.50. The number of hydrogen-bond acceptors (Lipinski definition) is 5. The number of benzene rings is 1. The van der Waals surface area contributed by atoms with Crippen LogP contribution in [0.1, 0.15) is 49.4 Å². The Bertz CT molecular complexity index is 716. The minimum Gasteiger partial charge on any atom is -0.494 e. The topological polar surface area (TPSA) is 73.1 Å². The summed E-state index contributed by atoms with van der Waals surface area (Å²) in [6.07, 6.45) is 7.35. The van der Waals surface area contributed by atoms with E-state index in [2.05, 4.69) is 22.4 Å². The molecule has 1 aliphatic carbocycles. The van der Waals surface area contributed by atoms with Crippen LogP contribution < -0.4 is 4.74 Å². The zero-order chi connectivity index (χ0) is 17.8. The Labute approximate surface area is 148 Å². The van der Waals surface area contributed by atoms with E-state index in [1.165, 1.54) is 30.3 Å². The number of carbonyl (C=O) groups excluding carboxylic acids is 1. The first-order valence-corrected chi connectivity index (χ1v) is 8.84. The molecule has 2 aromatic rings. The first-order chi connectivity index (χ1) is 12.2. The van der Waals surface area contributed by atoms with Crippen molar-refractivity contribution in [2.45, 2.75) is 45.1 Å². The van der Waals surface area contributed by atoms with Crippen LogP contribution in [-0.2, 0) is 0 Å². The van der Waals surface area contributed by atoms with Crippen LogP contribution in [0.25, 0.3) is 5.69 Å². The highest BCUT2D eigenvalue weighted by Crippen LogP contribution is 2.31. The Morgan fingerprint density at radius 2 is 2.16 bits per heavy atom. The van der Waals surface area contributed by atoms with Crippen molar-refractivity contribution < 1.29 is 9.53 Å². The van der Waals surface area contributed by atoms with E-state index >= 15 is 0 Å². The molecule has 0 unspecified atom stereocenters. The average molecular weight is 343 g/mol. The molecule has 0 spiro atoms. The largest absolute Gasteiger partial charge is 0.494 e. The molecule has 0 radical (unpaired) electrons. The lowest BCUT2D eigenvalue weighted by Crippen LogP contribution is -2.43. The smallest absolute Gasteiger partial charge is 0.253 e.